The largest absolute Gasteiger partial charge is 0.478 e. The van der Waals surface area contributed by atoms with Crippen molar-refractivity contribution in [3.63, 3.8) is 0 Å². The summed E-state index contributed by atoms with van der Waals surface area (Å²) in [6.07, 6.45) is 1.77. The van der Waals surface area contributed by atoms with Gasteiger partial charge in [0.25, 0.3) is 0 Å². The summed E-state index contributed by atoms with van der Waals surface area (Å²) >= 11 is 5.99. The second kappa shape index (κ2) is 7.08. The van der Waals surface area contributed by atoms with Crippen molar-refractivity contribution in [1.82, 2.24) is 0 Å². The average Bonchev–Trinajstić information content (AvgIpc) is 2.30. The number of hydrogen-bond donors (Lipinski definition) is 3. The van der Waals surface area contributed by atoms with Crippen molar-refractivity contribution < 1.29 is 14.6 Å². The number of aromatic carboxylic acids is 1. The Morgan fingerprint density at radius 1 is 1.50 bits per heavy atom. The number of rotatable bonds is 7. The van der Waals surface area contributed by atoms with E-state index in [-0.39, 0.29) is 5.56 Å². The molecule has 0 amide bonds. The monoisotopic (exact) mass is 272 g/mol. The van der Waals surface area contributed by atoms with Crippen molar-refractivity contribution in [1.29, 1.82) is 0 Å². The highest BCUT2D eigenvalue weighted by molar-refractivity contribution is 6.34. The summed E-state index contributed by atoms with van der Waals surface area (Å²) in [5.74, 6) is -1.05. The number of methoxy groups -OCH3 is 1. The van der Waals surface area contributed by atoms with Crippen LogP contribution >= 0.6 is 11.6 Å². The number of halogens is 1. The Balaban J connectivity index is 2.71. The number of nitrogens with one attached hydrogen (secondary N) is 1. The molecule has 0 saturated heterocycles. The molecule has 1 aromatic rings. The van der Waals surface area contributed by atoms with Crippen molar-refractivity contribution in [2.45, 2.75) is 12.8 Å². The van der Waals surface area contributed by atoms with E-state index in [1.807, 2.05) is 0 Å². The normalized spacial score (nSPS) is 10.3. The molecule has 0 radical (unpaired) electrons. The summed E-state index contributed by atoms with van der Waals surface area (Å²) in [6, 6.07) is 2.93. The number of benzene rings is 1. The van der Waals surface area contributed by atoms with E-state index in [1.165, 1.54) is 12.1 Å². The molecule has 0 heterocycles. The van der Waals surface area contributed by atoms with Crippen LogP contribution in [0.15, 0.2) is 12.1 Å². The van der Waals surface area contributed by atoms with Crippen molar-refractivity contribution in [2.75, 3.05) is 31.3 Å². The second-order valence-electron chi connectivity index (χ2n) is 3.86. The zero-order valence-corrected chi connectivity index (χ0v) is 11.0. The van der Waals surface area contributed by atoms with E-state index in [2.05, 4.69) is 5.32 Å². The molecule has 0 spiro atoms. The van der Waals surface area contributed by atoms with E-state index in [0.717, 1.165) is 12.8 Å². The minimum Gasteiger partial charge on any atom is -0.478 e. The molecule has 0 saturated carbocycles. The molecule has 0 aliphatic carbocycles. The molecule has 0 bridgehead atoms. The number of nitrogen functional groups attached to an aromatic ring is 1. The summed E-state index contributed by atoms with van der Waals surface area (Å²) in [7, 11) is 1.65. The number of nitrogens with two attached hydrogens (primary N) is 1. The fourth-order valence-corrected chi connectivity index (χ4v) is 1.86. The molecule has 0 atom stereocenters. The Hall–Kier alpha value is -1.46. The first-order chi connectivity index (χ1) is 8.56. The first-order valence-corrected chi connectivity index (χ1v) is 5.99. The van der Waals surface area contributed by atoms with Gasteiger partial charge in [0.2, 0.25) is 0 Å². The molecule has 18 heavy (non-hydrogen) atoms. The number of unbranched alkanes of at least 4 members (excludes halogenated alkanes) is 1. The van der Waals surface area contributed by atoms with Gasteiger partial charge in [-0.05, 0) is 25.0 Å². The Morgan fingerprint density at radius 3 is 2.83 bits per heavy atom. The number of carbonyl (C=O) groups is 1. The Bertz CT molecular complexity index is 424. The fraction of sp³-hybridized carbons (Fsp3) is 0.417. The zero-order valence-electron chi connectivity index (χ0n) is 10.2. The third-order valence-corrected chi connectivity index (χ3v) is 2.72. The smallest absolute Gasteiger partial charge is 0.337 e. The van der Waals surface area contributed by atoms with Gasteiger partial charge in [0, 0.05) is 25.9 Å². The molecule has 100 valence electrons. The van der Waals surface area contributed by atoms with Crippen LogP contribution in [0.1, 0.15) is 23.2 Å². The van der Waals surface area contributed by atoms with E-state index >= 15 is 0 Å². The van der Waals surface area contributed by atoms with E-state index in [4.69, 9.17) is 27.2 Å². The Labute approximate surface area is 111 Å². The molecule has 4 N–H and O–H groups in total. The van der Waals surface area contributed by atoms with Crippen LogP contribution in [-0.2, 0) is 4.74 Å². The number of carboxylic acids is 1. The van der Waals surface area contributed by atoms with Crippen LogP contribution in [0.5, 0.6) is 0 Å². The SMILES string of the molecule is COCCCCNc1c(Cl)cc(N)cc1C(=O)O. The average molecular weight is 273 g/mol. The number of hydrogen-bond acceptors (Lipinski definition) is 4. The summed E-state index contributed by atoms with van der Waals surface area (Å²) in [6.45, 7) is 1.32. The lowest BCUT2D eigenvalue weighted by molar-refractivity contribution is 0.0698. The van der Waals surface area contributed by atoms with Gasteiger partial charge in [-0.1, -0.05) is 11.6 Å². The summed E-state index contributed by atoms with van der Waals surface area (Å²) in [4.78, 5) is 11.1. The van der Waals surface area contributed by atoms with Crippen LogP contribution in [0.2, 0.25) is 5.02 Å². The van der Waals surface area contributed by atoms with Gasteiger partial charge in [-0.2, -0.15) is 0 Å². The van der Waals surface area contributed by atoms with Gasteiger partial charge in [0.1, 0.15) is 0 Å². The second-order valence-corrected chi connectivity index (χ2v) is 4.26. The Kier molecular flexibility index (Phi) is 5.74. The van der Waals surface area contributed by atoms with Crippen LogP contribution in [0.25, 0.3) is 0 Å². The first kappa shape index (κ1) is 14.6. The molecular weight excluding hydrogens is 256 g/mol. The van der Waals surface area contributed by atoms with Crippen LogP contribution in [0, 0.1) is 0 Å². The van der Waals surface area contributed by atoms with Crippen LogP contribution < -0.4 is 11.1 Å². The number of ether oxygens (including phenoxy) is 1. The maximum atomic E-state index is 11.1. The topological polar surface area (TPSA) is 84.6 Å². The van der Waals surface area contributed by atoms with E-state index < -0.39 is 5.97 Å². The Morgan fingerprint density at radius 2 is 2.22 bits per heavy atom. The lowest BCUT2D eigenvalue weighted by Gasteiger charge is -2.12. The standard InChI is InChI=1S/C12H17ClN2O3/c1-18-5-3-2-4-15-11-9(12(16)17)6-8(14)7-10(11)13/h6-7,15H,2-5,14H2,1H3,(H,16,17). The molecule has 0 aliphatic heterocycles. The summed E-state index contributed by atoms with van der Waals surface area (Å²) in [5.41, 5.74) is 6.41. The molecule has 0 fully saturated rings. The van der Waals surface area contributed by atoms with Gasteiger partial charge in [0.05, 0.1) is 16.3 Å². The van der Waals surface area contributed by atoms with Gasteiger partial charge >= 0.3 is 5.97 Å². The van der Waals surface area contributed by atoms with Gasteiger partial charge in [0.15, 0.2) is 0 Å². The minimum atomic E-state index is -1.05. The van der Waals surface area contributed by atoms with Crippen molar-refractivity contribution in [3.05, 3.63) is 22.7 Å². The first-order valence-electron chi connectivity index (χ1n) is 5.61. The predicted octanol–water partition coefficient (Wildman–Crippen LogP) is 2.46. The fourth-order valence-electron chi connectivity index (χ4n) is 1.56. The van der Waals surface area contributed by atoms with E-state index in [0.29, 0.717) is 29.5 Å². The zero-order chi connectivity index (χ0) is 13.5. The quantitative estimate of drug-likeness (QED) is 0.524. The highest BCUT2D eigenvalue weighted by atomic mass is 35.5. The van der Waals surface area contributed by atoms with E-state index in [1.54, 1.807) is 7.11 Å². The van der Waals surface area contributed by atoms with Gasteiger partial charge in [-0.3, -0.25) is 0 Å². The van der Waals surface area contributed by atoms with Crippen molar-refractivity contribution >= 4 is 28.9 Å². The molecule has 0 aromatic heterocycles. The lowest BCUT2D eigenvalue weighted by atomic mass is 10.1. The molecular formula is C12H17ClN2O3. The van der Waals surface area contributed by atoms with Gasteiger partial charge in [-0.15, -0.1) is 0 Å². The molecule has 6 heteroatoms. The molecule has 1 aromatic carbocycles. The molecule has 5 nitrogen and oxygen atoms in total. The summed E-state index contributed by atoms with van der Waals surface area (Å²) < 4.78 is 4.93. The van der Waals surface area contributed by atoms with Gasteiger partial charge in [-0.25, -0.2) is 4.79 Å². The summed E-state index contributed by atoms with van der Waals surface area (Å²) in [5, 5.41) is 12.4. The molecule has 1 rings (SSSR count). The number of carboxylic acid groups (broad SMARTS) is 1. The van der Waals surface area contributed by atoms with E-state index in [9.17, 15) is 4.79 Å². The third kappa shape index (κ3) is 4.09. The maximum Gasteiger partial charge on any atom is 0.337 e. The minimum absolute atomic E-state index is 0.0896. The predicted molar refractivity (Wildman–Crippen MR) is 72.4 cm³/mol. The van der Waals surface area contributed by atoms with Crippen LogP contribution in [0.4, 0.5) is 11.4 Å². The maximum absolute atomic E-state index is 11.1. The van der Waals surface area contributed by atoms with Crippen LogP contribution in [0.3, 0.4) is 0 Å². The highest BCUT2D eigenvalue weighted by Crippen LogP contribution is 2.29. The third-order valence-electron chi connectivity index (χ3n) is 2.42. The molecule has 0 aliphatic rings. The number of anilines is 2. The van der Waals surface area contributed by atoms with Crippen LogP contribution in [-0.4, -0.2) is 31.3 Å². The van der Waals surface area contributed by atoms with Crippen molar-refractivity contribution in [2.24, 2.45) is 0 Å². The highest BCUT2D eigenvalue weighted by Gasteiger charge is 2.14. The lowest BCUT2D eigenvalue weighted by Crippen LogP contribution is -2.09. The van der Waals surface area contributed by atoms with Crippen molar-refractivity contribution in [3.8, 4) is 0 Å². The van der Waals surface area contributed by atoms with Gasteiger partial charge < -0.3 is 20.9 Å². The molecule has 0 unspecified atom stereocenters.